The number of hydrogen-bond acceptors (Lipinski definition) is 4. The van der Waals surface area contributed by atoms with Gasteiger partial charge in [-0.25, -0.2) is 9.78 Å². The largest absolute Gasteiger partial charge is 0.451 e. The number of rotatable bonds is 5. The molecule has 3 rings (SSSR count). The Kier molecular flexibility index (Phi) is 5.71. The summed E-state index contributed by atoms with van der Waals surface area (Å²) >= 11 is 11.9. The van der Waals surface area contributed by atoms with Crippen molar-refractivity contribution in [1.29, 1.82) is 0 Å². The van der Waals surface area contributed by atoms with Crippen molar-refractivity contribution in [3.8, 4) is 0 Å². The molecule has 3 aromatic rings. The van der Waals surface area contributed by atoms with E-state index in [-0.39, 0.29) is 12.2 Å². The summed E-state index contributed by atoms with van der Waals surface area (Å²) in [6.07, 6.45) is 0. The monoisotopic (exact) mass is 388 g/mol. The number of carbonyl (C=O) groups is 2. The van der Waals surface area contributed by atoms with Crippen LogP contribution in [0.1, 0.15) is 16.1 Å². The third-order valence-corrected chi connectivity index (χ3v) is 4.22. The van der Waals surface area contributed by atoms with Gasteiger partial charge in [-0.2, -0.15) is 0 Å². The van der Waals surface area contributed by atoms with Crippen molar-refractivity contribution < 1.29 is 14.3 Å². The second-order valence-electron chi connectivity index (χ2n) is 5.48. The van der Waals surface area contributed by atoms with E-state index in [0.29, 0.717) is 21.1 Å². The summed E-state index contributed by atoms with van der Waals surface area (Å²) in [4.78, 5) is 28.2. The second kappa shape index (κ2) is 8.17. The van der Waals surface area contributed by atoms with Crippen LogP contribution in [-0.2, 0) is 16.1 Å². The molecule has 0 unspecified atom stereocenters. The first-order valence-corrected chi connectivity index (χ1v) is 8.52. The van der Waals surface area contributed by atoms with Crippen LogP contribution in [0.3, 0.4) is 0 Å². The summed E-state index contributed by atoms with van der Waals surface area (Å²) in [6, 6.07) is 15.8. The van der Waals surface area contributed by atoms with Gasteiger partial charge in [0.15, 0.2) is 6.61 Å². The third-order valence-electron chi connectivity index (χ3n) is 3.63. The minimum Gasteiger partial charge on any atom is -0.451 e. The van der Waals surface area contributed by atoms with Crippen LogP contribution < -0.4 is 5.32 Å². The number of nitrogens with zero attached hydrogens (tertiary/aromatic N) is 1. The number of nitrogens with one attached hydrogen (secondary N) is 1. The standard InChI is InChI=1S/C19H14Cl2N2O3/c20-14-7-5-13(15(21)9-14)10-22-18(24)11-26-19(25)17-8-6-12-3-1-2-4-16(12)23-17/h1-9H,10-11H2,(H,22,24). The lowest BCUT2D eigenvalue weighted by molar-refractivity contribution is -0.124. The molecule has 0 radical (unpaired) electrons. The van der Waals surface area contributed by atoms with E-state index in [1.165, 1.54) is 0 Å². The number of fused-ring (bicyclic) bond motifs is 1. The Balaban J connectivity index is 1.54. The normalized spacial score (nSPS) is 10.5. The van der Waals surface area contributed by atoms with E-state index >= 15 is 0 Å². The van der Waals surface area contributed by atoms with Crippen LogP contribution in [0, 0.1) is 0 Å². The molecule has 0 saturated heterocycles. The highest BCUT2D eigenvalue weighted by molar-refractivity contribution is 6.35. The van der Waals surface area contributed by atoms with Crippen molar-refractivity contribution in [3.05, 3.63) is 75.9 Å². The van der Waals surface area contributed by atoms with Crippen LogP contribution >= 0.6 is 23.2 Å². The van der Waals surface area contributed by atoms with E-state index in [0.717, 1.165) is 5.39 Å². The Morgan fingerprint density at radius 3 is 2.65 bits per heavy atom. The lowest BCUT2D eigenvalue weighted by Gasteiger charge is -2.08. The van der Waals surface area contributed by atoms with Gasteiger partial charge >= 0.3 is 5.97 Å². The lowest BCUT2D eigenvalue weighted by atomic mass is 10.2. The smallest absolute Gasteiger partial charge is 0.357 e. The molecule has 0 bridgehead atoms. The first kappa shape index (κ1) is 18.2. The molecule has 5 nitrogen and oxygen atoms in total. The van der Waals surface area contributed by atoms with Gasteiger partial charge in [-0.3, -0.25) is 4.79 Å². The molecule has 1 heterocycles. The molecule has 0 aliphatic heterocycles. The number of pyridine rings is 1. The molecule has 2 aromatic carbocycles. The molecule has 1 N–H and O–H groups in total. The summed E-state index contributed by atoms with van der Waals surface area (Å²) in [6.45, 7) is -0.195. The minimum absolute atomic E-state index is 0.150. The first-order chi connectivity index (χ1) is 12.5. The maximum atomic E-state index is 12.1. The molecule has 1 amide bonds. The fraction of sp³-hybridized carbons (Fsp3) is 0.105. The average molecular weight is 389 g/mol. The van der Waals surface area contributed by atoms with Gasteiger partial charge in [0.05, 0.1) is 5.52 Å². The highest BCUT2D eigenvalue weighted by Crippen LogP contribution is 2.20. The maximum Gasteiger partial charge on any atom is 0.357 e. The molecule has 0 spiro atoms. The van der Waals surface area contributed by atoms with Crippen molar-refractivity contribution in [2.24, 2.45) is 0 Å². The van der Waals surface area contributed by atoms with Gasteiger partial charge in [0.2, 0.25) is 0 Å². The molecule has 26 heavy (non-hydrogen) atoms. The molecular weight excluding hydrogens is 375 g/mol. The van der Waals surface area contributed by atoms with Crippen molar-refractivity contribution in [1.82, 2.24) is 10.3 Å². The SMILES string of the molecule is O=C(COC(=O)c1ccc2ccccc2n1)NCc1ccc(Cl)cc1Cl. The number of para-hydroxylation sites is 1. The maximum absolute atomic E-state index is 12.1. The van der Waals surface area contributed by atoms with Crippen LogP contribution in [0.25, 0.3) is 10.9 Å². The van der Waals surface area contributed by atoms with Crippen LogP contribution in [0.4, 0.5) is 0 Å². The predicted molar refractivity (Wildman–Crippen MR) is 100 cm³/mol. The Hall–Kier alpha value is -2.63. The highest BCUT2D eigenvalue weighted by atomic mass is 35.5. The van der Waals surface area contributed by atoms with Gasteiger partial charge in [0, 0.05) is 22.0 Å². The highest BCUT2D eigenvalue weighted by Gasteiger charge is 2.12. The first-order valence-electron chi connectivity index (χ1n) is 7.76. The minimum atomic E-state index is -0.657. The third kappa shape index (κ3) is 4.50. The summed E-state index contributed by atoms with van der Waals surface area (Å²) in [5.41, 5.74) is 1.55. The van der Waals surface area contributed by atoms with E-state index in [9.17, 15) is 9.59 Å². The number of amides is 1. The number of ether oxygens (including phenoxy) is 1. The number of halogens is 2. The molecule has 0 saturated carbocycles. The van der Waals surface area contributed by atoms with Gasteiger partial charge in [-0.05, 0) is 29.8 Å². The van der Waals surface area contributed by atoms with Crippen LogP contribution in [0.15, 0.2) is 54.6 Å². The molecule has 0 aliphatic carbocycles. The zero-order valence-corrected chi connectivity index (χ0v) is 15.1. The van der Waals surface area contributed by atoms with Crippen molar-refractivity contribution in [2.75, 3.05) is 6.61 Å². The van der Waals surface area contributed by atoms with Crippen LogP contribution in [-0.4, -0.2) is 23.5 Å². The van der Waals surface area contributed by atoms with Crippen molar-refractivity contribution in [2.45, 2.75) is 6.54 Å². The Morgan fingerprint density at radius 1 is 1.04 bits per heavy atom. The summed E-state index contributed by atoms with van der Waals surface area (Å²) in [5, 5.41) is 4.52. The Bertz CT molecular complexity index is 976. The van der Waals surface area contributed by atoms with Crippen molar-refractivity contribution >= 4 is 46.0 Å². The Morgan fingerprint density at radius 2 is 1.85 bits per heavy atom. The molecule has 1 aromatic heterocycles. The quantitative estimate of drug-likeness (QED) is 0.670. The summed E-state index contributed by atoms with van der Waals surface area (Å²) < 4.78 is 5.01. The van der Waals surface area contributed by atoms with E-state index in [1.807, 2.05) is 18.2 Å². The van der Waals surface area contributed by atoms with E-state index in [4.69, 9.17) is 27.9 Å². The molecule has 0 atom stereocenters. The summed E-state index contributed by atoms with van der Waals surface area (Å²) in [5.74, 6) is -1.10. The van der Waals surface area contributed by atoms with Gasteiger partial charge in [0.1, 0.15) is 5.69 Å². The number of benzene rings is 2. The van der Waals surface area contributed by atoms with E-state index < -0.39 is 18.5 Å². The summed E-state index contributed by atoms with van der Waals surface area (Å²) in [7, 11) is 0. The number of hydrogen-bond donors (Lipinski definition) is 1. The number of aromatic nitrogens is 1. The predicted octanol–water partition coefficient (Wildman–Crippen LogP) is 4.01. The molecule has 0 fully saturated rings. The van der Waals surface area contributed by atoms with Gasteiger partial charge in [-0.1, -0.05) is 53.5 Å². The van der Waals surface area contributed by atoms with Crippen LogP contribution in [0.2, 0.25) is 10.0 Å². The fourth-order valence-corrected chi connectivity index (χ4v) is 2.77. The zero-order chi connectivity index (χ0) is 18.5. The van der Waals surface area contributed by atoms with Gasteiger partial charge in [0.25, 0.3) is 5.91 Å². The van der Waals surface area contributed by atoms with E-state index in [1.54, 1.807) is 36.4 Å². The van der Waals surface area contributed by atoms with Crippen molar-refractivity contribution in [3.63, 3.8) is 0 Å². The lowest BCUT2D eigenvalue weighted by Crippen LogP contribution is -2.28. The van der Waals surface area contributed by atoms with Crippen LogP contribution in [0.5, 0.6) is 0 Å². The number of carbonyl (C=O) groups excluding carboxylic acids is 2. The fourth-order valence-electron chi connectivity index (χ4n) is 2.29. The topological polar surface area (TPSA) is 68.3 Å². The molecule has 132 valence electrons. The van der Waals surface area contributed by atoms with Gasteiger partial charge < -0.3 is 10.1 Å². The molecule has 7 heteroatoms. The second-order valence-corrected chi connectivity index (χ2v) is 6.32. The zero-order valence-electron chi connectivity index (χ0n) is 13.5. The molecule has 0 aliphatic rings. The Labute approximate surface area is 159 Å². The van der Waals surface area contributed by atoms with E-state index in [2.05, 4.69) is 10.3 Å². The van der Waals surface area contributed by atoms with Gasteiger partial charge in [-0.15, -0.1) is 0 Å². The average Bonchev–Trinajstić information content (AvgIpc) is 2.65. The molecular formula is C19H14Cl2N2O3. The number of esters is 1.